The molecule has 2 aromatic rings. The standard InChI is InChI=1S/C13H17N3OS/c1-9(2)17-11-4-10(5-15-6-11)13(14-3)12-7-16-8-18-12/h4-9,13-14H,1-3H3. The fraction of sp³-hybridized carbons (Fsp3) is 0.385. The Bertz CT molecular complexity index is 485. The van der Waals surface area contributed by atoms with Gasteiger partial charge in [-0.1, -0.05) is 0 Å². The van der Waals surface area contributed by atoms with Gasteiger partial charge < -0.3 is 10.1 Å². The van der Waals surface area contributed by atoms with Crippen molar-refractivity contribution in [2.24, 2.45) is 0 Å². The predicted octanol–water partition coefficient (Wildman–Crippen LogP) is 2.63. The Morgan fingerprint density at radius 2 is 2.06 bits per heavy atom. The van der Waals surface area contributed by atoms with Crippen LogP contribution in [0.4, 0.5) is 0 Å². The summed E-state index contributed by atoms with van der Waals surface area (Å²) >= 11 is 1.63. The van der Waals surface area contributed by atoms with Crippen LogP contribution in [-0.4, -0.2) is 23.1 Å². The summed E-state index contributed by atoms with van der Waals surface area (Å²) in [4.78, 5) is 9.52. The normalized spacial score (nSPS) is 12.7. The molecule has 2 heterocycles. The molecule has 96 valence electrons. The molecule has 1 unspecified atom stereocenters. The van der Waals surface area contributed by atoms with Gasteiger partial charge in [-0.05, 0) is 32.5 Å². The Morgan fingerprint density at radius 3 is 2.67 bits per heavy atom. The summed E-state index contributed by atoms with van der Waals surface area (Å²) in [6.07, 6.45) is 5.62. The molecule has 0 aromatic carbocycles. The molecule has 2 aromatic heterocycles. The first-order chi connectivity index (χ1) is 8.70. The molecule has 1 N–H and O–H groups in total. The maximum absolute atomic E-state index is 5.66. The molecule has 1 atom stereocenters. The third-order valence-electron chi connectivity index (χ3n) is 2.46. The average Bonchev–Trinajstić information content (AvgIpc) is 2.83. The summed E-state index contributed by atoms with van der Waals surface area (Å²) in [5, 5.41) is 3.28. The number of thiazole rings is 1. The smallest absolute Gasteiger partial charge is 0.138 e. The van der Waals surface area contributed by atoms with Gasteiger partial charge in [0, 0.05) is 17.3 Å². The molecule has 0 bridgehead atoms. The first kappa shape index (κ1) is 13.0. The second-order valence-electron chi connectivity index (χ2n) is 4.25. The van der Waals surface area contributed by atoms with Crippen LogP contribution in [0.2, 0.25) is 0 Å². The fourth-order valence-corrected chi connectivity index (χ4v) is 2.53. The maximum atomic E-state index is 5.66. The molecule has 0 aliphatic carbocycles. The number of rotatable bonds is 5. The van der Waals surface area contributed by atoms with Crippen LogP contribution in [0.5, 0.6) is 5.75 Å². The van der Waals surface area contributed by atoms with Crippen molar-refractivity contribution in [3.8, 4) is 5.75 Å². The van der Waals surface area contributed by atoms with Crippen LogP contribution in [0.15, 0.2) is 30.2 Å². The van der Waals surface area contributed by atoms with E-state index in [0.717, 1.165) is 11.3 Å². The lowest BCUT2D eigenvalue weighted by molar-refractivity contribution is 0.241. The van der Waals surface area contributed by atoms with Gasteiger partial charge in [-0.3, -0.25) is 9.97 Å². The van der Waals surface area contributed by atoms with E-state index in [9.17, 15) is 0 Å². The summed E-state index contributed by atoms with van der Waals surface area (Å²) in [6.45, 7) is 4.01. The molecule has 0 saturated heterocycles. The van der Waals surface area contributed by atoms with Crippen LogP contribution in [0.25, 0.3) is 0 Å². The van der Waals surface area contributed by atoms with E-state index in [0.29, 0.717) is 0 Å². The highest BCUT2D eigenvalue weighted by Gasteiger charge is 2.14. The first-order valence-electron chi connectivity index (χ1n) is 5.88. The van der Waals surface area contributed by atoms with Crippen LogP contribution in [0, 0.1) is 0 Å². The lowest BCUT2D eigenvalue weighted by atomic mass is 10.1. The summed E-state index contributed by atoms with van der Waals surface area (Å²) in [7, 11) is 1.93. The van der Waals surface area contributed by atoms with Gasteiger partial charge in [0.15, 0.2) is 0 Å². The number of hydrogen-bond acceptors (Lipinski definition) is 5. The highest BCUT2D eigenvalue weighted by atomic mass is 32.1. The highest BCUT2D eigenvalue weighted by Crippen LogP contribution is 2.26. The third kappa shape index (κ3) is 3.05. The van der Waals surface area contributed by atoms with Crippen LogP contribution >= 0.6 is 11.3 Å². The van der Waals surface area contributed by atoms with Gasteiger partial charge >= 0.3 is 0 Å². The van der Waals surface area contributed by atoms with Gasteiger partial charge in [0.05, 0.1) is 23.9 Å². The molecule has 0 aliphatic heterocycles. The minimum absolute atomic E-state index is 0.112. The Hall–Kier alpha value is -1.46. The second-order valence-corrected chi connectivity index (χ2v) is 5.16. The van der Waals surface area contributed by atoms with E-state index in [-0.39, 0.29) is 12.1 Å². The Balaban J connectivity index is 2.26. The van der Waals surface area contributed by atoms with Crippen LogP contribution < -0.4 is 10.1 Å². The van der Waals surface area contributed by atoms with Crippen molar-refractivity contribution in [1.29, 1.82) is 0 Å². The molecule has 0 saturated carbocycles. The van der Waals surface area contributed by atoms with Gasteiger partial charge in [-0.15, -0.1) is 11.3 Å². The fourth-order valence-electron chi connectivity index (χ4n) is 1.77. The molecule has 2 rings (SSSR count). The third-order valence-corrected chi connectivity index (χ3v) is 3.30. The Kier molecular flexibility index (Phi) is 4.28. The van der Waals surface area contributed by atoms with Crippen molar-refractivity contribution in [1.82, 2.24) is 15.3 Å². The lowest BCUT2D eigenvalue weighted by Gasteiger charge is -2.16. The van der Waals surface area contributed by atoms with Crippen molar-refractivity contribution in [2.75, 3.05) is 7.05 Å². The van der Waals surface area contributed by atoms with E-state index in [1.165, 1.54) is 4.88 Å². The zero-order valence-corrected chi connectivity index (χ0v) is 11.6. The topological polar surface area (TPSA) is 47.0 Å². The molecule has 5 heteroatoms. The second kappa shape index (κ2) is 5.93. The largest absolute Gasteiger partial charge is 0.489 e. The van der Waals surface area contributed by atoms with Crippen molar-refractivity contribution < 1.29 is 4.74 Å². The van der Waals surface area contributed by atoms with Crippen molar-refractivity contribution in [3.05, 3.63) is 40.6 Å². The van der Waals surface area contributed by atoms with E-state index in [2.05, 4.69) is 15.3 Å². The molecule has 0 amide bonds. The van der Waals surface area contributed by atoms with Crippen molar-refractivity contribution in [3.63, 3.8) is 0 Å². The zero-order chi connectivity index (χ0) is 13.0. The van der Waals surface area contributed by atoms with Gasteiger partial charge in [-0.2, -0.15) is 0 Å². The monoisotopic (exact) mass is 263 g/mol. The van der Waals surface area contributed by atoms with Crippen molar-refractivity contribution >= 4 is 11.3 Å². The molecule has 0 fully saturated rings. The molecule has 0 spiro atoms. The molecule has 18 heavy (non-hydrogen) atoms. The van der Waals surface area contributed by atoms with Crippen LogP contribution in [0.1, 0.15) is 30.3 Å². The number of ether oxygens (including phenoxy) is 1. The summed E-state index contributed by atoms with van der Waals surface area (Å²) in [5.74, 6) is 0.798. The quantitative estimate of drug-likeness (QED) is 0.901. The molecular formula is C13H17N3OS. The number of aromatic nitrogens is 2. The predicted molar refractivity (Wildman–Crippen MR) is 73.0 cm³/mol. The molecule has 4 nitrogen and oxygen atoms in total. The van der Waals surface area contributed by atoms with Gasteiger partial charge in [-0.25, -0.2) is 0 Å². The van der Waals surface area contributed by atoms with E-state index >= 15 is 0 Å². The van der Waals surface area contributed by atoms with Gasteiger partial charge in [0.1, 0.15) is 5.75 Å². The van der Waals surface area contributed by atoms with Crippen LogP contribution in [-0.2, 0) is 0 Å². The zero-order valence-electron chi connectivity index (χ0n) is 10.8. The molecule has 0 radical (unpaired) electrons. The van der Waals surface area contributed by atoms with E-state index < -0.39 is 0 Å². The first-order valence-corrected chi connectivity index (χ1v) is 6.76. The number of nitrogens with one attached hydrogen (secondary N) is 1. The lowest BCUT2D eigenvalue weighted by Crippen LogP contribution is -2.17. The molecule has 0 aliphatic rings. The minimum atomic E-state index is 0.112. The Labute approximate surface area is 111 Å². The number of hydrogen-bond donors (Lipinski definition) is 1. The number of pyridine rings is 1. The maximum Gasteiger partial charge on any atom is 0.138 e. The van der Waals surface area contributed by atoms with E-state index in [1.807, 2.05) is 44.9 Å². The minimum Gasteiger partial charge on any atom is -0.489 e. The highest BCUT2D eigenvalue weighted by molar-refractivity contribution is 7.09. The van der Waals surface area contributed by atoms with Crippen LogP contribution in [0.3, 0.4) is 0 Å². The van der Waals surface area contributed by atoms with E-state index in [1.54, 1.807) is 17.5 Å². The number of nitrogens with zero attached hydrogens (tertiary/aromatic N) is 2. The van der Waals surface area contributed by atoms with Gasteiger partial charge in [0.2, 0.25) is 0 Å². The van der Waals surface area contributed by atoms with Gasteiger partial charge in [0.25, 0.3) is 0 Å². The average molecular weight is 263 g/mol. The summed E-state index contributed by atoms with van der Waals surface area (Å²) < 4.78 is 5.66. The SMILES string of the molecule is CNC(c1cncc(OC(C)C)c1)c1cncs1. The molecular weight excluding hydrogens is 246 g/mol. The Morgan fingerprint density at radius 1 is 1.22 bits per heavy atom. The summed E-state index contributed by atoms with van der Waals surface area (Å²) in [6, 6.07) is 2.13. The van der Waals surface area contributed by atoms with E-state index in [4.69, 9.17) is 4.74 Å². The van der Waals surface area contributed by atoms with Crippen molar-refractivity contribution in [2.45, 2.75) is 26.0 Å². The summed E-state index contributed by atoms with van der Waals surface area (Å²) in [5.41, 5.74) is 2.92.